The molecule has 18 heavy (non-hydrogen) atoms. The highest BCUT2D eigenvalue weighted by Gasteiger charge is 2.23. The van der Waals surface area contributed by atoms with Gasteiger partial charge in [-0.1, -0.05) is 31.0 Å². The van der Waals surface area contributed by atoms with Gasteiger partial charge in [0.2, 0.25) is 0 Å². The van der Waals surface area contributed by atoms with Gasteiger partial charge in [0.15, 0.2) is 0 Å². The van der Waals surface area contributed by atoms with Crippen molar-refractivity contribution in [2.24, 2.45) is 0 Å². The van der Waals surface area contributed by atoms with Crippen molar-refractivity contribution in [3.8, 4) is 11.8 Å². The molecule has 1 aromatic carbocycles. The minimum Gasteiger partial charge on any atom is -0.480 e. The van der Waals surface area contributed by atoms with Crippen molar-refractivity contribution in [1.82, 2.24) is 4.90 Å². The Kier molecular flexibility index (Phi) is 4.94. The molecule has 1 rings (SSSR count). The monoisotopic (exact) mass is 245 g/mol. The number of carbonyl (C=O) groups excluding carboxylic acids is 1. The van der Waals surface area contributed by atoms with Gasteiger partial charge in [-0.25, -0.2) is 4.79 Å². The minimum absolute atomic E-state index is 0.352. The molecule has 1 amide bonds. The fraction of sp³-hybridized carbons (Fsp3) is 0.286. The Balaban J connectivity index is 2.77. The second-order valence-electron chi connectivity index (χ2n) is 3.79. The lowest BCUT2D eigenvalue weighted by Crippen LogP contribution is -2.41. The Labute approximate surface area is 106 Å². The molecule has 0 aliphatic carbocycles. The Morgan fingerprint density at radius 3 is 2.44 bits per heavy atom. The fourth-order valence-corrected chi connectivity index (χ4v) is 1.49. The van der Waals surface area contributed by atoms with Gasteiger partial charge < -0.3 is 10.0 Å². The SMILES string of the molecule is CCC(C(=O)O)N(C)C(=O)C#Cc1ccccc1. The number of amides is 1. The summed E-state index contributed by atoms with van der Waals surface area (Å²) in [5, 5.41) is 8.94. The summed E-state index contributed by atoms with van der Waals surface area (Å²) in [6, 6.07) is 8.25. The van der Waals surface area contributed by atoms with Gasteiger partial charge in [0, 0.05) is 18.5 Å². The number of carboxylic acid groups (broad SMARTS) is 1. The van der Waals surface area contributed by atoms with E-state index in [-0.39, 0.29) is 0 Å². The molecule has 0 spiro atoms. The second-order valence-corrected chi connectivity index (χ2v) is 3.79. The third-order valence-electron chi connectivity index (χ3n) is 2.55. The average Bonchev–Trinajstić information content (AvgIpc) is 2.37. The highest BCUT2D eigenvalue weighted by molar-refractivity contribution is 5.96. The molecule has 1 unspecified atom stereocenters. The summed E-state index contributed by atoms with van der Waals surface area (Å²) in [5.41, 5.74) is 0.725. The molecule has 94 valence electrons. The van der Waals surface area contributed by atoms with Gasteiger partial charge in [-0.15, -0.1) is 0 Å². The minimum atomic E-state index is -1.02. The first-order valence-corrected chi connectivity index (χ1v) is 5.63. The number of nitrogens with zero attached hydrogens (tertiary/aromatic N) is 1. The van der Waals surface area contributed by atoms with E-state index in [0.29, 0.717) is 6.42 Å². The lowest BCUT2D eigenvalue weighted by molar-refractivity contribution is -0.147. The number of likely N-dealkylation sites (N-methyl/N-ethyl adjacent to an activating group) is 1. The maximum Gasteiger partial charge on any atom is 0.326 e. The second kappa shape index (κ2) is 6.45. The molecule has 0 aliphatic rings. The fourth-order valence-electron chi connectivity index (χ4n) is 1.49. The Bertz CT molecular complexity index is 485. The van der Waals surface area contributed by atoms with Gasteiger partial charge in [0.25, 0.3) is 5.91 Å². The molecule has 1 aromatic rings. The Morgan fingerprint density at radius 1 is 1.33 bits per heavy atom. The first kappa shape index (κ1) is 13.8. The maximum atomic E-state index is 11.7. The maximum absolute atomic E-state index is 11.7. The summed E-state index contributed by atoms with van der Waals surface area (Å²) < 4.78 is 0. The first-order valence-electron chi connectivity index (χ1n) is 5.63. The molecule has 1 N–H and O–H groups in total. The van der Waals surface area contributed by atoms with Crippen LogP contribution in [0, 0.1) is 11.8 Å². The van der Waals surface area contributed by atoms with Crippen molar-refractivity contribution in [1.29, 1.82) is 0 Å². The van der Waals surface area contributed by atoms with Crippen molar-refractivity contribution >= 4 is 11.9 Å². The van der Waals surface area contributed by atoms with E-state index in [9.17, 15) is 9.59 Å². The quantitative estimate of drug-likeness (QED) is 0.818. The van der Waals surface area contributed by atoms with Gasteiger partial charge in [0.05, 0.1) is 0 Å². The van der Waals surface area contributed by atoms with Crippen LogP contribution >= 0.6 is 0 Å². The van der Waals surface area contributed by atoms with Gasteiger partial charge >= 0.3 is 5.97 Å². The molecule has 0 saturated heterocycles. The standard InChI is InChI=1S/C14H15NO3/c1-3-12(14(17)18)15(2)13(16)10-9-11-7-5-4-6-8-11/h4-8,12H,3H2,1-2H3,(H,17,18). The molecule has 0 bridgehead atoms. The summed E-state index contributed by atoms with van der Waals surface area (Å²) in [6.45, 7) is 1.72. The first-order chi connectivity index (χ1) is 8.56. The molecule has 4 heteroatoms. The molecule has 0 saturated carbocycles. The van der Waals surface area contributed by atoms with Crippen molar-refractivity contribution < 1.29 is 14.7 Å². The van der Waals surface area contributed by atoms with Gasteiger partial charge in [-0.05, 0) is 18.6 Å². The summed E-state index contributed by atoms with van der Waals surface area (Å²) >= 11 is 0. The molecule has 0 fully saturated rings. The third kappa shape index (κ3) is 3.63. The van der Waals surface area contributed by atoms with Crippen molar-refractivity contribution in [3.05, 3.63) is 35.9 Å². The van der Waals surface area contributed by atoms with Crippen LogP contribution in [0.2, 0.25) is 0 Å². The number of carboxylic acids is 1. The average molecular weight is 245 g/mol. The van der Waals surface area contributed by atoms with E-state index in [2.05, 4.69) is 11.8 Å². The molecule has 0 aromatic heterocycles. The lowest BCUT2D eigenvalue weighted by Gasteiger charge is -2.20. The predicted molar refractivity (Wildman–Crippen MR) is 67.8 cm³/mol. The Morgan fingerprint density at radius 2 is 1.94 bits per heavy atom. The number of hydrogen-bond acceptors (Lipinski definition) is 2. The van der Waals surface area contributed by atoms with Gasteiger partial charge in [0.1, 0.15) is 6.04 Å². The molecular weight excluding hydrogens is 230 g/mol. The van der Waals surface area contributed by atoms with Crippen LogP contribution in [0.4, 0.5) is 0 Å². The predicted octanol–water partition coefficient (Wildman–Crippen LogP) is 1.36. The molecule has 0 aliphatic heterocycles. The molecule has 4 nitrogen and oxygen atoms in total. The summed E-state index contributed by atoms with van der Waals surface area (Å²) in [5.74, 6) is 3.64. The summed E-state index contributed by atoms with van der Waals surface area (Å²) in [4.78, 5) is 23.8. The van der Waals surface area contributed by atoms with E-state index >= 15 is 0 Å². The number of aliphatic carboxylic acids is 1. The third-order valence-corrected chi connectivity index (χ3v) is 2.55. The van der Waals surface area contributed by atoms with Crippen LogP contribution < -0.4 is 0 Å². The Hall–Kier alpha value is -2.28. The van der Waals surface area contributed by atoms with Crippen LogP contribution in [0.5, 0.6) is 0 Å². The number of benzene rings is 1. The van der Waals surface area contributed by atoms with Crippen LogP contribution in [0.15, 0.2) is 30.3 Å². The highest BCUT2D eigenvalue weighted by atomic mass is 16.4. The van der Waals surface area contributed by atoms with E-state index in [1.165, 1.54) is 7.05 Å². The van der Waals surface area contributed by atoms with Crippen LogP contribution in [-0.2, 0) is 9.59 Å². The van der Waals surface area contributed by atoms with Crippen molar-refractivity contribution in [3.63, 3.8) is 0 Å². The number of rotatable bonds is 3. The summed E-state index contributed by atoms with van der Waals surface area (Å²) in [7, 11) is 1.45. The lowest BCUT2D eigenvalue weighted by atomic mass is 10.2. The van der Waals surface area contributed by atoms with E-state index < -0.39 is 17.9 Å². The topological polar surface area (TPSA) is 57.6 Å². The zero-order valence-electron chi connectivity index (χ0n) is 10.4. The smallest absolute Gasteiger partial charge is 0.326 e. The van der Waals surface area contributed by atoms with E-state index in [1.807, 2.05) is 18.2 Å². The number of hydrogen-bond donors (Lipinski definition) is 1. The van der Waals surface area contributed by atoms with Crippen LogP contribution in [0.3, 0.4) is 0 Å². The zero-order valence-corrected chi connectivity index (χ0v) is 10.4. The van der Waals surface area contributed by atoms with Crippen LogP contribution in [-0.4, -0.2) is 35.0 Å². The van der Waals surface area contributed by atoms with Crippen molar-refractivity contribution in [2.45, 2.75) is 19.4 Å². The van der Waals surface area contributed by atoms with E-state index in [1.54, 1.807) is 19.1 Å². The zero-order chi connectivity index (χ0) is 13.5. The van der Waals surface area contributed by atoms with Crippen molar-refractivity contribution in [2.75, 3.05) is 7.05 Å². The largest absolute Gasteiger partial charge is 0.480 e. The molecular formula is C14H15NO3. The van der Waals surface area contributed by atoms with E-state index in [4.69, 9.17) is 5.11 Å². The normalized spacial score (nSPS) is 11.0. The highest BCUT2D eigenvalue weighted by Crippen LogP contribution is 2.02. The van der Waals surface area contributed by atoms with Crippen LogP contribution in [0.25, 0.3) is 0 Å². The number of carbonyl (C=O) groups is 2. The summed E-state index contributed by atoms with van der Waals surface area (Å²) in [6.07, 6.45) is 0.352. The molecule has 0 heterocycles. The van der Waals surface area contributed by atoms with Gasteiger partial charge in [-0.2, -0.15) is 0 Å². The van der Waals surface area contributed by atoms with E-state index in [0.717, 1.165) is 10.5 Å². The molecule has 1 atom stereocenters. The molecule has 0 radical (unpaired) electrons. The van der Waals surface area contributed by atoms with Crippen LogP contribution in [0.1, 0.15) is 18.9 Å². The van der Waals surface area contributed by atoms with Gasteiger partial charge in [-0.3, -0.25) is 4.79 Å².